The number of thiophene rings is 1. The first-order valence-electron chi connectivity index (χ1n) is 8.48. The second-order valence-electron chi connectivity index (χ2n) is 6.22. The van der Waals surface area contributed by atoms with Gasteiger partial charge < -0.3 is 10.5 Å². The van der Waals surface area contributed by atoms with E-state index in [0.29, 0.717) is 36.1 Å². The summed E-state index contributed by atoms with van der Waals surface area (Å²) in [5.74, 6) is 0.182. The Balaban J connectivity index is 1.65. The fraction of sp³-hybridized carbons (Fsp3) is 0.105. The molecule has 0 atom stereocenters. The molecule has 0 fully saturated rings. The van der Waals surface area contributed by atoms with Crippen LogP contribution in [0.15, 0.2) is 42.7 Å². The molecule has 1 aliphatic rings. The summed E-state index contributed by atoms with van der Waals surface area (Å²) < 4.78 is 34.7. The van der Waals surface area contributed by atoms with Gasteiger partial charge >= 0.3 is 0 Å². The third-order valence-electron chi connectivity index (χ3n) is 4.44. The number of nitrogens with two attached hydrogens (primary N) is 1. The van der Waals surface area contributed by atoms with Crippen molar-refractivity contribution in [3.8, 4) is 33.4 Å². The number of benzene rings is 1. The molecule has 3 aromatic heterocycles. The molecule has 1 aliphatic heterocycles. The van der Waals surface area contributed by atoms with Crippen molar-refractivity contribution < 1.29 is 13.5 Å². The molecule has 140 valence electrons. The molecule has 5 rings (SSSR count). The van der Waals surface area contributed by atoms with Gasteiger partial charge in [0.2, 0.25) is 0 Å². The summed E-state index contributed by atoms with van der Waals surface area (Å²) >= 11 is 1.51. The highest BCUT2D eigenvalue weighted by molar-refractivity contribution is 7.16. The van der Waals surface area contributed by atoms with E-state index < -0.39 is 11.6 Å². The Morgan fingerprint density at radius 3 is 2.89 bits per heavy atom. The zero-order chi connectivity index (χ0) is 19.3. The van der Waals surface area contributed by atoms with E-state index in [1.807, 2.05) is 6.07 Å². The van der Waals surface area contributed by atoms with Crippen LogP contribution in [0.1, 0.15) is 4.88 Å². The van der Waals surface area contributed by atoms with Gasteiger partial charge in [-0.05, 0) is 30.3 Å². The number of aromatic nitrogens is 4. The third-order valence-corrected chi connectivity index (χ3v) is 5.63. The normalized spacial score (nSPS) is 12.8. The summed E-state index contributed by atoms with van der Waals surface area (Å²) in [5, 5.41) is 4.13. The van der Waals surface area contributed by atoms with Crippen LogP contribution in [-0.2, 0) is 6.42 Å². The molecule has 0 spiro atoms. The van der Waals surface area contributed by atoms with Gasteiger partial charge in [-0.2, -0.15) is 5.10 Å². The van der Waals surface area contributed by atoms with Gasteiger partial charge in [-0.3, -0.25) is 0 Å². The minimum absolute atomic E-state index is 0.128. The van der Waals surface area contributed by atoms with Crippen molar-refractivity contribution in [3.05, 3.63) is 59.2 Å². The predicted molar refractivity (Wildman–Crippen MR) is 101 cm³/mol. The zero-order valence-electron chi connectivity index (χ0n) is 14.4. The van der Waals surface area contributed by atoms with Crippen molar-refractivity contribution in [3.63, 3.8) is 0 Å². The van der Waals surface area contributed by atoms with Gasteiger partial charge in [0.1, 0.15) is 35.1 Å². The molecule has 0 saturated heterocycles. The molecule has 0 saturated carbocycles. The van der Waals surface area contributed by atoms with Gasteiger partial charge in [0.25, 0.3) is 0 Å². The minimum atomic E-state index is -0.710. The third kappa shape index (κ3) is 2.71. The molecule has 9 heteroatoms. The van der Waals surface area contributed by atoms with Crippen LogP contribution in [0.4, 0.5) is 14.6 Å². The Morgan fingerprint density at radius 2 is 2.04 bits per heavy atom. The first-order chi connectivity index (χ1) is 13.6. The summed E-state index contributed by atoms with van der Waals surface area (Å²) in [6.07, 6.45) is 2.05. The SMILES string of the molecule is Nc1ccc2c(n1)-c1cc(-c3ncnn3-c3ccc(F)cc3F)sc1CCO2. The summed E-state index contributed by atoms with van der Waals surface area (Å²) in [6, 6.07) is 8.79. The minimum Gasteiger partial charge on any atom is -0.491 e. The molecule has 0 unspecified atom stereocenters. The number of hydrogen-bond acceptors (Lipinski definition) is 6. The van der Waals surface area contributed by atoms with E-state index in [4.69, 9.17) is 10.5 Å². The monoisotopic (exact) mass is 397 g/mol. The van der Waals surface area contributed by atoms with Crippen molar-refractivity contribution >= 4 is 17.2 Å². The number of nitrogens with zero attached hydrogens (tertiary/aromatic N) is 4. The molecule has 28 heavy (non-hydrogen) atoms. The van der Waals surface area contributed by atoms with Crippen LogP contribution in [0.5, 0.6) is 5.75 Å². The van der Waals surface area contributed by atoms with Gasteiger partial charge in [0.05, 0.1) is 11.5 Å². The maximum Gasteiger partial charge on any atom is 0.173 e. The number of fused-ring (bicyclic) bond motifs is 3. The van der Waals surface area contributed by atoms with Crippen molar-refractivity contribution in [2.45, 2.75) is 6.42 Å². The highest BCUT2D eigenvalue weighted by Gasteiger charge is 2.23. The first-order valence-corrected chi connectivity index (χ1v) is 9.30. The average Bonchev–Trinajstić information content (AvgIpc) is 3.27. The lowest BCUT2D eigenvalue weighted by Crippen LogP contribution is -2.02. The van der Waals surface area contributed by atoms with E-state index in [1.54, 1.807) is 12.1 Å². The molecule has 0 bridgehead atoms. The molecule has 2 N–H and O–H groups in total. The Hall–Kier alpha value is -3.33. The van der Waals surface area contributed by atoms with Crippen molar-refractivity contribution in [2.75, 3.05) is 12.3 Å². The van der Waals surface area contributed by atoms with Crippen LogP contribution < -0.4 is 10.5 Å². The number of nitrogen functional groups attached to an aromatic ring is 1. The Kier molecular flexibility index (Phi) is 3.83. The number of pyridine rings is 1. The number of rotatable bonds is 2. The second-order valence-corrected chi connectivity index (χ2v) is 7.36. The zero-order valence-corrected chi connectivity index (χ0v) is 15.2. The smallest absolute Gasteiger partial charge is 0.173 e. The van der Waals surface area contributed by atoms with E-state index in [1.165, 1.54) is 34.5 Å². The Bertz CT molecular complexity index is 1200. The summed E-state index contributed by atoms with van der Waals surface area (Å²) in [5.41, 5.74) is 7.57. The van der Waals surface area contributed by atoms with Crippen LogP contribution in [-0.4, -0.2) is 26.4 Å². The van der Waals surface area contributed by atoms with Gasteiger partial charge in [-0.1, -0.05) is 0 Å². The topological polar surface area (TPSA) is 78.9 Å². The van der Waals surface area contributed by atoms with Crippen LogP contribution in [0, 0.1) is 11.6 Å². The van der Waals surface area contributed by atoms with E-state index in [0.717, 1.165) is 21.4 Å². The molecule has 0 amide bonds. The van der Waals surface area contributed by atoms with Crippen LogP contribution in [0.3, 0.4) is 0 Å². The van der Waals surface area contributed by atoms with Crippen LogP contribution in [0.25, 0.3) is 27.6 Å². The van der Waals surface area contributed by atoms with E-state index in [2.05, 4.69) is 15.1 Å². The fourth-order valence-electron chi connectivity index (χ4n) is 3.19. The second kappa shape index (κ2) is 6.38. The molecule has 6 nitrogen and oxygen atoms in total. The van der Waals surface area contributed by atoms with Gasteiger partial charge in [0.15, 0.2) is 11.6 Å². The Morgan fingerprint density at radius 1 is 1.14 bits per heavy atom. The largest absolute Gasteiger partial charge is 0.491 e. The van der Waals surface area contributed by atoms with E-state index in [9.17, 15) is 8.78 Å². The average molecular weight is 397 g/mol. The molecule has 1 aromatic carbocycles. The van der Waals surface area contributed by atoms with E-state index >= 15 is 0 Å². The molecular formula is C19H13F2N5OS. The number of hydrogen-bond donors (Lipinski definition) is 1. The lowest BCUT2D eigenvalue weighted by molar-refractivity contribution is 0.326. The molecule has 0 aliphatic carbocycles. The molecule has 4 aromatic rings. The Labute approximate surface area is 162 Å². The number of anilines is 1. The summed E-state index contributed by atoms with van der Waals surface area (Å²) in [4.78, 5) is 10.6. The van der Waals surface area contributed by atoms with Crippen molar-refractivity contribution in [2.24, 2.45) is 0 Å². The van der Waals surface area contributed by atoms with Crippen LogP contribution in [0.2, 0.25) is 0 Å². The van der Waals surface area contributed by atoms with E-state index in [-0.39, 0.29) is 5.69 Å². The summed E-state index contributed by atoms with van der Waals surface area (Å²) in [6.45, 7) is 0.519. The number of halogens is 2. The molecule has 4 heterocycles. The quantitative estimate of drug-likeness (QED) is 0.556. The van der Waals surface area contributed by atoms with Crippen molar-refractivity contribution in [1.82, 2.24) is 19.7 Å². The lowest BCUT2D eigenvalue weighted by Gasteiger charge is -2.07. The van der Waals surface area contributed by atoms with Gasteiger partial charge in [0, 0.05) is 22.9 Å². The maximum atomic E-state index is 14.3. The number of ether oxygens (including phenoxy) is 1. The standard InChI is InChI=1S/C19H13F2N5OS/c20-10-1-2-13(12(21)7-10)26-19(23-9-24-26)16-8-11-15(28-16)5-6-27-14-3-4-17(22)25-18(11)14/h1-4,7-9H,5-6H2,(H2,22,25). The first kappa shape index (κ1) is 16.8. The maximum absolute atomic E-state index is 14.3. The van der Waals surface area contributed by atoms with Gasteiger partial charge in [-0.25, -0.2) is 23.4 Å². The molecular weight excluding hydrogens is 384 g/mol. The lowest BCUT2D eigenvalue weighted by atomic mass is 10.1. The summed E-state index contributed by atoms with van der Waals surface area (Å²) in [7, 11) is 0. The van der Waals surface area contributed by atoms with Gasteiger partial charge in [-0.15, -0.1) is 11.3 Å². The fourth-order valence-corrected chi connectivity index (χ4v) is 4.31. The van der Waals surface area contributed by atoms with Crippen molar-refractivity contribution in [1.29, 1.82) is 0 Å². The van der Waals surface area contributed by atoms with Crippen LogP contribution >= 0.6 is 11.3 Å². The highest BCUT2D eigenvalue weighted by atomic mass is 32.1. The molecule has 0 radical (unpaired) electrons. The highest BCUT2D eigenvalue weighted by Crippen LogP contribution is 2.42. The predicted octanol–water partition coefficient (Wildman–Crippen LogP) is 3.85.